The number of anilines is 1. The van der Waals surface area contributed by atoms with Gasteiger partial charge in [0.2, 0.25) is 0 Å². The lowest BCUT2D eigenvalue weighted by Gasteiger charge is -2.40. The van der Waals surface area contributed by atoms with Gasteiger partial charge >= 0.3 is 0 Å². The van der Waals surface area contributed by atoms with Crippen LogP contribution < -0.4 is 5.32 Å². The smallest absolute Gasteiger partial charge is 0.101 e. The summed E-state index contributed by atoms with van der Waals surface area (Å²) in [4.78, 5) is 0. The summed E-state index contributed by atoms with van der Waals surface area (Å²) in [5.74, 6) is 0. The van der Waals surface area contributed by atoms with E-state index >= 15 is 0 Å². The highest BCUT2D eigenvalue weighted by Gasteiger charge is 2.36. The van der Waals surface area contributed by atoms with Crippen LogP contribution in [0.4, 0.5) is 5.69 Å². The first-order chi connectivity index (χ1) is 7.79. The molecule has 1 aliphatic carbocycles. The normalized spacial score (nSPS) is 17.2. The first-order valence-corrected chi connectivity index (χ1v) is 5.63. The van der Waals surface area contributed by atoms with Gasteiger partial charge in [-0.15, -0.1) is 0 Å². The number of nitrogens with one attached hydrogen (secondary N) is 1. The molecule has 2 N–H and O–H groups in total. The number of rotatable bonds is 4. The van der Waals surface area contributed by atoms with Crippen LogP contribution in [0.2, 0.25) is 0 Å². The zero-order valence-corrected chi connectivity index (χ0v) is 9.24. The summed E-state index contributed by atoms with van der Waals surface area (Å²) in [6.45, 7) is 0.983. The van der Waals surface area contributed by atoms with E-state index in [-0.39, 0.29) is 12.0 Å². The fourth-order valence-corrected chi connectivity index (χ4v) is 2.09. The molecule has 0 aliphatic heterocycles. The van der Waals surface area contributed by atoms with Crippen LogP contribution in [0.15, 0.2) is 24.3 Å². The molecule has 2 rings (SSSR count). The number of aliphatic hydroxyl groups is 1. The maximum absolute atomic E-state index is 9.34. The molecule has 0 amide bonds. The molecule has 0 saturated heterocycles. The summed E-state index contributed by atoms with van der Waals surface area (Å²) in [5.41, 5.74) is 1.57. The molecule has 0 radical (unpaired) electrons. The third-order valence-electron chi connectivity index (χ3n) is 3.45. The van der Waals surface area contributed by atoms with Gasteiger partial charge in [0.15, 0.2) is 0 Å². The van der Waals surface area contributed by atoms with Crippen molar-refractivity contribution in [2.75, 3.05) is 18.5 Å². The molecule has 84 valence electrons. The Morgan fingerprint density at radius 1 is 1.38 bits per heavy atom. The van der Waals surface area contributed by atoms with Crippen LogP contribution in [0.5, 0.6) is 0 Å². The molecule has 0 aromatic heterocycles. The second-order valence-electron chi connectivity index (χ2n) is 4.52. The molecule has 0 heterocycles. The van der Waals surface area contributed by atoms with Crippen LogP contribution in [0, 0.1) is 16.7 Å². The molecule has 3 heteroatoms. The standard InChI is InChI=1S/C13H16N2O/c14-8-11-4-1-2-5-12(11)15-9-13(10-16)6-3-7-13/h1-2,4-5,15-16H,3,6-7,9-10H2. The van der Waals surface area contributed by atoms with E-state index in [4.69, 9.17) is 5.26 Å². The van der Waals surface area contributed by atoms with Crippen molar-refractivity contribution in [1.29, 1.82) is 5.26 Å². The molecule has 0 atom stereocenters. The van der Waals surface area contributed by atoms with Crippen molar-refractivity contribution < 1.29 is 5.11 Å². The van der Waals surface area contributed by atoms with Gasteiger partial charge in [-0.1, -0.05) is 18.6 Å². The van der Waals surface area contributed by atoms with E-state index in [1.165, 1.54) is 6.42 Å². The van der Waals surface area contributed by atoms with Crippen LogP contribution in [-0.4, -0.2) is 18.3 Å². The fraction of sp³-hybridized carbons (Fsp3) is 0.462. The van der Waals surface area contributed by atoms with E-state index < -0.39 is 0 Å². The number of benzene rings is 1. The van der Waals surface area contributed by atoms with Crippen LogP contribution >= 0.6 is 0 Å². The molecule has 16 heavy (non-hydrogen) atoms. The number of aliphatic hydroxyl groups excluding tert-OH is 1. The van der Waals surface area contributed by atoms with Gasteiger partial charge in [-0.25, -0.2) is 0 Å². The van der Waals surface area contributed by atoms with Crippen LogP contribution in [-0.2, 0) is 0 Å². The summed E-state index contributed by atoms with van der Waals surface area (Å²) < 4.78 is 0. The monoisotopic (exact) mass is 216 g/mol. The lowest BCUT2D eigenvalue weighted by Crippen LogP contribution is -2.39. The average molecular weight is 216 g/mol. The van der Waals surface area contributed by atoms with Crippen molar-refractivity contribution in [1.82, 2.24) is 0 Å². The van der Waals surface area contributed by atoms with E-state index in [2.05, 4.69) is 11.4 Å². The molecule has 0 bridgehead atoms. The van der Waals surface area contributed by atoms with Crippen molar-refractivity contribution >= 4 is 5.69 Å². The Kier molecular flexibility index (Phi) is 3.12. The minimum Gasteiger partial charge on any atom is -0.396 e. The minimum atomic E-state index is 0.0442. The van der Waals surface area contributed by atoms with Gasteiger partial charge in [0.25, 0.3) is 0 Å². The van der Waals surface area contributed by atoms with E-state index in [0.717, 1.165) is 25.1 Å². The maximum Gasteiger partial charge on any atom is 0.101 e. The molecule has 1 fully saturated rings. The van der Waals surface area contributed by atoms with Crippen molar-refractivity contribution in [3.63, 3.8) is 0 Å². The first-order valence-electron chi connectivity index (χ1n) is 5.63. The second kappa shape index (κ2) is 4.54. The largest absolute Gasteiger partial charge is 0.396 e. The van der Waals surface area contributed by atoms with E-state index in [1.54, 1.807) is 6.07 Å². The summed E-state index contributed by atoms with van der Waals surface area (Å²) in [6, 6.07) is 9.63. The Labute approximate surface area is 95.7 Å². The zero-order valence-electron chi connectivity index (χ0n) is 9.24. The number of hydrogen-bond donors (Lipinski definition) is 2. The predicted molar refractivity (Wildman–Crippen MR) is 63.0 cm³/mol. The summed E-state index contributed by atoms with van der Waals surface area (Å²) in [6.07, 6.45) is 3.35. The quantitative estimate of drug-likeness (QED) is 0.810. The van der Waals surface area contributed by atoms with Crippen molar-refractivity contribution in [3.8, 4) is 6.07 Å². The highest BCUT2D eigenvalue weighted by Crippen LogP contribution is 2.40. The minimum absolute atomic E-state index is 0.0442. The van der Waals surface area contributed by atoms with Crippen LogP contribution in [0.25, 0.3) is 0 Å². The van der Waals surface area contributed by atoms with Gasteiger partial charge in [0.1, 0.15) is 6.07 Å². The lowest BCUT2D eigenvalue weighted by molar-refractivity contribution is 0.0576. The van der Waals surface area contributed by atoms with E-state index in [0.29, 0.717) is 5.56 Å². The third kappa shape index (κ3) is 2.02. The van der Waals surface area contributed by atoms with Gasteiger partial charge < -0.3 is 10.4 Å². The molecular weight excluding hydrogens is 200 g/mol. The highest BCUT2D eigenvalue weighted by molar-refractivity contribution is 5.57. The number of para-hydroxylation sites is 1. The Balaban J connectivity index is 2.02. The number of nitrogens with zero attached hydrogens (tertiary/aromatic N) is 1. The number of nitriles is 1. The number of hydrogen-bond acceptors (Lipinski definition) is 3. The van der Waals surface area contributed by atoms with Crippen LogP contribution in [0.3, 0.4) is 0 Å². The highest BCUT2D eigenvalue weighted by atomic mass is 16.3. The van der Waals surface area contributed by atoms with E-state index in [1.807, 2.05) is 18.2 Å². The van der Waals surface area contributed by atoms with Gasteiger partial charge in [0.05, 0.1) is 17.9 Å². The Hall–Kier alpha value is -1.53. The summed E-state index contributed by atoms with van der Waals surface area (Å²) in [5, 5.41) is 21.5. The molecule has 1 aliphatic rings. The van der Waals surface area contributed by atoms with Crippen molar-refractivity contribution in [3.05, 3.63) is 29.8 Å². The topological polar surface area (TPSA) is 56.0 Å². The van der Waals surface area contributed by atoms with Crippen molar-refractivity contribution in [2.24, 2.45) is 5.41 Å². The van der Waals surface area contributed by atoms with Gasteiger partial charge in [-0.2, -0.15) is 5.26 Å². The maximum atomic E-state index is 9.34. The van der Waals surface area contributed by atoms with Gasteiger partial charge in [-0.05, 0) is 25.0 Å². The third-order valence-corrected chi connectivity index (χ3v) is 3.45. The zero-order chi connectivity index (χ0) is 11.4. The summed E-state index contributed by atoms with van der Waals surface area (Å²) in [7, 11) is 0. The molecule has 0 unspecified atom stereocenters. The predicted octanol–water partition coefficient (Wildman–Crippen LogP) is 2.13. The SMILES string of the molecule is N#Cc1ccccc1NCC1(CO)CCC1. The molecule has 0 spiro atoms. The molecular formula is C13H16N2O. The van der Waals surface area contributed by atoms with E-state index in [9.17, 15) is 5.11 Å². The van der Waals surface area contributed by atoms with Crippen LogP contribution in [0.1, 0.15) is 24.8 Å². The lowest BCUT2D eigenvalue weighted by atomic mass is 9.69. The Morgan fingerprint density at radius 2 is 2.12 bits per heavy atom. The Bertz CT molecular complexity index is 399. The summed E-state index contributed by atoms with van der Waals surface area (Å²) >= 11 is 0. The van der Waals surface area contributed by atoms with Gasteiger partial charge in [-0.3, -0.25) is 0 Å². The molecule has 1 saturated carbocycles. The second-order valence-corrected chi connectivity index (χ2v) is 4.52. The molecule has 1 aromatic carbocycles. The molecule has 1 aromatic rings. The molecule has 3 nitrogen and oxygen atoms in total. The fourth-order valence-electron chi connectivity index (χ4n) is 2.09. The first kappa shape index (κ1) is 11.0. The van der Waals surface area contributed by atoms with Gasteiger partial charge in [0, 0.05) is 12.0 Å². The average Bonchev–Trinajstić information content (AvgIpc) is 2.29. The van der Waals surface area contributed by atoms with Crippen molar-refractivity contribution in [2.45, 2.75) is 19.3 Å². The Morgan fingerprint density at radius 3 is 2.69 bits per heavy atom.